The highest BCUT2D eigenvalue weighted by Gasteiger charge is 2.32. The normalized spacial score (nSPS) is 28.9. The van der Waals surface area contributed by atoms with Crippen molar-refractivity contribution in [3.05, 3.63) is 0 Å². The largest absolute Gasteiger partial charge is 0.340 e. The van der Waals surface area contributed by atoms with Crippen LogP contribution in [0.4, 0.5) is 0 Å². The minimum atomic E-state index is 0.200. The molecule has 0 spiro atoms. The molecule has 2 N–H and O–H groups in total. The van der Waals surface area contributed by atoms with Crippen LogP contribution in [0.25, 0.3) is 0 Å². The number of amides is 1. The van der Waals surface area contributed by atoms with Crippen LogP contribution in [0.1, 0.15) is 46.5 Å². The number of nitrogens with two attached hydrogens (primary N) is 1. The first-order chi connectivity index (χ1) is 9.35. The molecule has 2 atom stereocenters. The van der Waals surface area contributed by atoms with Gasteiger partial charge in [-0.15, -0.1) is 0 Å². The van der Waals surface area contributed by atoms with Crippen LogP contribution in [0.5, 0.6) is 0 Å². The first-order valence-corrected chi connectivity index (χ1v) is 8.12. The summed E-state index contributed by atoms with van der Waals surface area (Å²) in [6.07, 6.45) is 4.12. The minimum absolute atomic E-state index is 0.200. The average molecular weight is 281 g/mol. The maximum atomic E-state index is 12.4. The molecule has 116 valence electrons. The minimum Gasteiger partial charge on any atom is -0.340 e. The third-order valence-electron chi connectivity index (χ3n) is 4.68. The van der Waals surface area contributed by atoms with Crippen LogP contribution in [0.15, 0.2) is 0 Å². The van der Waals surface area contributed by atoms with Crippen LogP contribution >= 0.6 is 0 Å². The molecule has 1 saturated heterocycles. The molecule has 1 saturated carbocycles. The molecule has 0 aromatic carbocycles. The fourth-order valence-corrected chi connectivity index (χ4v) is 3.18. The summed E-state index contributed by atoms with van der Waals surface area (Å²) in [6.45, 7) is 11.9. The van der Waals surface area contributed by atoms with Crippen molar-refractivity contribution in [1.82, 2.24) is 9.80 Å². The summed E-state index contributed by atoms with van der Waals surface area (Å²) < 4.78 is 0. The van der Waals surface area contributed by atoms with E-state index in [2.05, 4.69) is 30.6 Å². The van der Waals surface area contributed by atoms with Gasteiger partial charge < -0.3 is 10.6 Å². The molecule has 2 aliphatic rings. The van der Waals surface area contributed by atoms with Gasteiger partial charge in [0.1, 0.15) is 0 Å². The molecule has 1 heterocycles. The second-order valence-electron chi connectivity index (χ2n) is 7.75. The van der Waals surface area contributed by atoms with E-state index < -0.39 is 0 Å². The van der Waals surface area contributed by atoms with E-state index in [1.54, 1.807) is 0 Å². The maximum Gasteiger partial charge on any atom is 0.225 e. The number of piperazine rings is 1. The van der Waals surface area contributed by atoms with Gasteiger partial charge in [-0.25, -0.2) is 0 Å². The van der Waals surface area contributed by atoms with E-state index in [0.717, 1.165) is 52.0 Å². The van der Waals surface area contributed by atoms with Gasteiger partial charge in [-0.1, -0.05) is 20.8 Å². The molecule has 2 rings (SSSR count). The van der Waals surface area contributed by atoms with Crippen molar-refractivity contribution in [2.45, 2.75) is 52.5 Å². The fourth-order valence-electron chi connectivity index (χ4n) is 3.18. The van der Waals surface area contributed by atoms with Crippen molar-refractivity contribution < 1.29 is 4.79 Å². The SMILES string of the molecule is CC(C)(C)CCN1CCN(C(=O)C2CCC(N)C2)CC1. The summed E-state index contributed by atoms with van der Waals surface area (Å²) >= 11 is 0. The third-order valence-corrected chi connectivity index (χ3v) is 4.68. The number of hydrogen-bond acceptors (Lipinski definition) is 3. The first kappa shape index (κ1) is 15.8. The molecule has 2 fully saturated rings. The van der Waals surface area contributed by atoms with Gasteiger partial charge in [0.2, 0.25) is 5.91 Å². The van der Waals surface area contributed by atoms with Gasteiger partial charge in [0.25, 0.3) is 0 Å². The summed E-state index contributed by atoms with van der Waals surface area (Å²) in [4.78, 5) is 17.0. The second-order valence-corrected chi connectivity index (χ2v) is 7.75. The Balaban J connectivity index is 1.72. The van der Waals surface area contributed by atoms with E-state index >= 15 is 0 Å². The predicted octanol–water partition coefficient (Wildman–Crippen LogP) is 1.69. The number of rotatable bonds is 3. The molecule has 2 unspecified atom stereocenters. The third kappa shape index (κ3) is 4.45. The van der Waals surface area contributed by atoms with E-state index in [0.29, 0.717) is 11.3 Å². The predicted molar refractivity (Wildman–Crippen MR) is 82.4 cm³/mol. The summed E-state index contributed by atoms with van der Waals surface area (Å²) in [5.41, 5.74) is 6.31. The smallest absolute Gasteiger partial charge is 0.225 e. The van der Waals surface area contributed by atoms with Crippen LogP contribution in [0.3, 0.4) is 0 Å². The van der Waals surface area contributed by atoms with Gasteiger partial charge in [-0.3, -0.25) is 9.69 Å². The Kier molecular flexibility index (Phi) is 5.08. The van der Waals surface area contributed by atoms with Gasteiger partial charge >= 0.3 is 0 Å². The molecular weight excluding hydrogens is 250 g/mol. The Hall–Kier alpha value is -0.610. The summed E-state index contributed by atoms with van der Waals surface area (Å²) in [5, 5.41) is 0. The summed E-state index contributed by atoms with van der Waals surface area (Å²) in [7, 11) is 0. The van der Waals surface area contributed by atoms with E-state index in [1.165, 1.54) is 6.42 Å². The van der Waals surface area contributed by atoms with Crippen LogP contribution < -0.4 is 5.73 Å². The van der Waals surface area contributed by atoms with Gasteiger partial charge in [0.05, 0.1) is 0 Å². The topological polar surface area (TPSA) is 49.6 Å². The van der Waals surface area contributed by atoms with Gasteiger partial charge in [0, 0.05) is 38.1 Å². The standard InChI is InChI=1S/C16H31N3O/c1-16(2,3)6-7-18-8-10-19(11-9-18)15(20)13-4-5-14(17)12-13/h13-14H,4-12,17H2,1-3H3. The Morgan fingerprint density at radius 3 is 2.30 bits per heavy atom. The van der Waals surface area contributed by atoms with Crippen molar-refractivity contribution in [2.75, 3.05) is 32.7 Å². The zero-order valence-corrected chi connectivity index (χ0v) is 13.4. The molecule has 0 radical (unpaired) electrons. The Morgan fingerprint density at radius 1 is 1.15 bits per heavy atom. The Bertz CT molecular complexity index is 329. The Morgan fingerprint density at radius 2 is 1.80 bits per heavy atom. The van der Waals surface area contributed by atoms with Gasteiger partial charge in [0.15, 0.2) is 0 Å². The number of carbonyl (C=O) groups is 1. The molecule has 4 nitrogen and oxygen atoms in total. The van der Waals surface area contributed by atoms with E-state index in [1.807, 2.05) is 0 Å². The lowest BCUT2D eigenvalue weighted by atomic mass is 9.92. The number of nitrogens with zero attached hydrogens (tertiary/aromatic N) is 2. The van der Waals surface area contributed by atoms with Crippen molar-refractivity contribution >= 4 is 5.91 Å². The lowest BCUT2D eigenvalue weighted by molar-refractivity contribution is -0.137. The number of hydrogen-bond donors (Lipinski definition) is 1. The van der Waals surface area contributed by atoms with Crippen molar-refractivity contribution in [2.24, 2.45) is 17.1 Å². The highest BCUT2D eigenvalue weighted by Crippen LogP contribution is 2.26. The molecule has 0 bridgehead atoms. The van der Waals surface area contributed by atoms with Crippen molar-refractivity contribution in [1.29, 1.82) is 0 Å². The molecule has 0 aromatic rings. The molecule has 1 aliphatic carbocycles. The molecular formula is C16H31N3O. The monoisotopic (exact) mass is 281 g/mol. The van der Waals surface area contributed by atoms with E-state index in [4.69, 9.17) is 5.73 Å². The molecule has 1 aliphatic heterocycles. The van der Waals surface area contributed by atoms with Crippen molar-refractivity contribution in [3.63, 3.8) is 0 Å². The molecule has 4 heteroatoms. The highest BCUT2D eigenvalue weighted by atomic mass is 16.2. The lowest BCUT2D eigenvalue weighted by Gasteiger charge is -2.37. The van der Waals surface area contributed by atoms with Crippen LogP contribution in [0.2, 0.25) is 0 Å². The summed E-state index contributed by atoms with van der Waals surface area (Å²) in [6, 6.07) is 0.247. The number of carbonyl (C=O) groups excluding carboxylic acids is 1. The van der Waals surface area contributed by atoms with E-state index in [-0.39, 0.29) is 12.0 Å². The highest BCUT2D eigenvalue weighted by molar-refractivity contribution is 5.79. The van der Waals surface area contributed by atoms with Gasteiger partial charge in [-0.2, -0.15) is 0 Å². The van der Waals surface area contributed by atoms with E-state index in [9.17, 15) is 4.79 Å². The quantitative estimate of drug-likeness (QED) is 0.856. The zero-order valence-electron chi connectivity index (χ0n) is 13.4. The molecule has 0 aromatic heterocycles. The first-order valence-electron chi connectivity index (χ1n) is 8.12. The average Bonchev–Trinajstić information content (AvgIpc) is 2.82. The Labute approximate surface area is 123 Å². The van der Waals surface area contributed by atoms with Crippen LogP contribution in [-0.2, 0) is 4.79 Å². The molecule has 20 heavy (non-hydrogen) atoms. The van der Waals surface area contributed by atoms with Crippen LogP contribution in [0, 0.1) is 11.3 Å². The lowest BCUT2D eigenvalue weighted by Crippen LogP contribution is -2.50. The van der Waals surface area contributed by atoms with Gasteiger partial charge in [-0.05, 0) is 37.6 Å². The van der Waals surface area contributed by atoms with Crippen molar-refractivity contribution in [3.8, 4) is 0 Å². The zero-order chi connectivity index (χ0) is 14.8. The van der Waals surface area contributed by atoms with Crippen LogP contribution in [-0.4, -0.2) is 54.5 Å². The fraction of sp³-hybridized carbons (Fsp3) is 0.938. The summed E-state index contributed by atoms with van der Waals surface area (Å²) in [5.74, 6) is 0.555. The second kappa shape index (κ2) is 6.44. The molecule has 1 amide bonds. The maximum absolute atomic E-state index is 12.4.